The van der Waals surface area contributed by atoms with Crippen LogP contribution >= 0.6 is 0 Å². The van der Waals surface area contributed by atoms with E-state index in [4.69, 9.17) is 4.74 Å². The van der Waals surface area contributed by atoms with Crippen LogP contribution in [0.1, 0.15) is 24.8 Å². The molecule has 1 aromatic carbocycles. The Morgan fingerprint density at radius 1 is 1.07 bits per heavy atom. The maximum Gasteiger partial charge on any atom is 0.243 e. The lowest BCUT2D eigenvalue weighted by molar-refractivity contribution is -0.132. The van der Waals surface area contributed by atoms with Crippen LogP contribution in [0.4, 0.5) is 0 Å². The van der Waals surface area contributed by atoms with Crippen LogP contribution in [0.25, 0.3) is 0 Å². The minimum absolute atomic E-state index is 0.183. The summed E-state index contributed by atoms with van der Waals surface area (Å²) in [4.78, 5) is 17.0. The second-order valence-corrected chi connectivity index (χ2v) is 9.67. The first kappa shape index (κ1) is 21.2. The summed E-state index contributed by atoms with van der Waals surface area (Å²) in [6, 6.07) is 7.49. The molecule has 8 heteroatoms. The molecule has 0 spiro atoms. The van der Waals surface area contributed by atoms with Crippen LogP contribution in [0, 0.1) is 0 Å². The first-order chi connectivity index (χ1) is 13.4. The van der Waals surface area contributed by atoms with E-state index in [0.717, 1.165) is 31.5 Å². The largest absolute Gasteiger partial charge is 0.379 e. The number of hydrogen-bond donors (Lipinski definition) is 0. The van der Waals surface area contributed by atoms with Crippen LogP contribution in [-0.4, -0.2) is 88.0 Å². The zero-order chi connectivity index (χ0) is 20.1. The van der Waals surface area contributed by atoms with Crippen LogP contribution < -0.4 is 0 Å². The molecule has 3 rings (SSSR count). The minimum Gasteiger partial charge on any atom is -0.379 e. The first-order valence-corrected chi connectivity index (χ1v) is 11.4. The van der Waals surface area contributed by atoms with Gasteiger partial charge in [-0.1, -0.05) is 12.1 Å². The van der Waals surface area contributed by atoms with Gasteiger partial charge in [-0.3, -0.25) is 4.79 Å². The molecule has 1 amide bonds. The van der Waals surface area contributed by atoms with Gasteiger partial charge in [-0.25, -0.2) is 8.42 Å². The molecule has 28 heavy (non-hydrogen) atoms. The molecular formula is C20H31N3O4S. The van der Waals surface area contributed by atoms with Gasteiger partial charge in [0.2, 0.25) is 15.9 Å². The van der Waals surface area contributed by atoms with Gasteiger partial charge in [0, 0.05) is 38.6 Å². The van der Waals surface area contributed by atoms with E-state index in [1.165, 1.54) is 4.31 Å². The lowest BCUT2D eigenvalue weighted by atomic mass is 10.0. The van der Waals surface area contributed by atoms with Gasteiger partial charge in [-0.05, 0) is 51.1 Å². The molecule has 0 aliphatic carbocycles. The van der Waals surface area contributed by atoms with Gasteiger partial charge in [0.15, 0.2) is 0 Å². The summed E-state index contributed by atoms with van der Waals surface area (Å²) in [5.74, 6) is 0.183. The van der Waals surface area contributed by atoms with E-state index in [2.05, 4.69) is 19.0 Å². The molecule has 0 radical (unpaired) electrons. The molecule has 2 saturated heterocycles. The number of likely N-dealkylation sites (tertiary alicyclic amines) is 1. The Labute approximate surface area is 168 Å². The van der Waals surface area contributed by atoms with E-state index < -0.39 is 10.0 Å². The van der Waals surface area contributed by atoms with E-state index in [0.29, 0.717) is 50.1 Å². The molecule has 2 aliphatic heterocycles. The number of ether oxygens (including phenoxy) is 1. The van der Waals surface area contributed by atoms with Crippen molar-refractivity contribution in [3.05, 3.63) is 29.8 Å². The van der Waals surface area contributed by atoms with Crippen LogP contribution in [0.2, 0.25) is 0 Å². The normalized spacial score (nSPS) is 19.9. The average Bonchev–Trinajstić information content (AvgIpc) is 2.73. The number of carbonyl (C=O) groups excluding carboxylic acids is 1. The molecule has 0 atom stereocenters. The van der Waals surface area contributed by atoms with Crippen molar-refractivity contribution in [3.8, 4) is 0 Å². The number of hydrogen-bond acceptors (Lipinski definition) is 5. The van der Waals surface area contributed by atoms with Crippen molar-refractivity contribution in [1.29, 1.82) is 0 Å². The Kier molecular flexibility index (Phi) is 7.09. The lowest BCUT2D eigenvalue weighted by Gasteiger charge is -2.35. The summed E-state index contributed by atoms with van der Waals surface area (Å²) < 4.78 is 32.0. The van der Waals surface area contributed by atoms with Gasteiger partial charge in [0.1, 0.15) is 0 Å². The molecule has 1 aromatic rings. The first-order valence-electron chi connectivity index (χ1n) is 9.99. The van der Waals surface area contributed by atoms with E-state index in [9.17, 15) is 13.2 Å². The fourth-order valence-electron chi connectivity index (χ4n) is 3.81. The molecule has 0 saturated carbocycles. The number of benzene rings is 1. The number of sulfonamides is 1. The Morgan fingerprint density at radius 3 is 2.25 bits per heavy atom. The Balaban J connectivity index is 1.51. The maximum absolute atomic E-state index is 12.7. The van der Waals surface area contributed by atoms with Crippen molar-refractivity contribution < 1.29 is 17.9 Å². The molecule has 0 N–H and O–H groups in total. The van der Waals surface area contributed by atoms with E-state index in [1.54, 1.807) is 12.1 Å². The Morgan fingerprint density at radius 2 is 1.68 bits per heavy atom. The van der Waals surface area contributed by atoms with Crippen LogP contribution in [0.3, 0.4) is 0 Å². The van der Waals surface area contributed by atoms with Crippen molar-refractivity contribution in [1.82, 2.24) is 14.1 Å². The summed E-state index contributed by atoms with van der Waals surface area (Å²) in [6.45, 7) is 3.29. The molecule has 2 heterocycles. The predicted octanol–water partition coefficient (Wildman–Crippen LogP) is 1.19. The molecule has 0 unspecified atom stereocenters. The topological polar surface area (TPSA) is 70.2 Å². The Bertz CT molecular complexity index is 750. The highest BCUT2D eigenvalue weighted by Gasteiger charge is 2.26. The molecule has 156 valence electrons. The van der Waals surface area contributed by atoms with Gasteiger partial charge >= 0.3 is 0 Å². The number of morpholine rings is 1. The number of aryl methyl sites for hydroxylation is 1. The van der Waals surface area contributed by atoms with Gasteiger partial charge in [-0.15, -0.1) is 0 Å². The molecule has 2 fully saturated rings. The number of piperidine rings is 1. The van der Waals surface area contributed by atoms with Crippen LogP contribution in [-0.2, 0) is 26.0 Å². The Hall–Kier alpha value is -1.48. The van der Waals surface area contributed by atoms with Gasteiger partial charge in [0.05, 0.1) is 18.1 Å². The second kappa shape index (κ2) is 9.35. The van der Waals surface area contributed by atoms with Gasteiger partial charge in [0.25, 0.3) is 0 Å². The van der Waals surface area contributed by atoms with Crippen molar-refractivity contribution in [3.63, 3.8) is 0 Å². The van der Waals surface area contributed by atoms with Crippen molar-refractivity contribution in [2.24, 2.45) is 0 Å². The highest BCUT2D eigenvalue weighted by atomic mass is 32.2. The van der Waals surface area contributed by atoms with E-state index >= 15 is 0 Å². The zero-order valence-corrected chi connectivity index (χ0v) is 17.7. The lowest BCUT2D eigenvalue weighted by Crippen LogP contribution is -2.44. The van der Waals surface area contributed by atoms with E-state index in [-0.39, 0.29) is 5.91 Å². The van der Waals surface area contributed by atoms with Crippen LogP contribution in [0.15, 0.2) is 29.2 Å². The SMILES string of the molecule is CN(C)C1CCN(C(=O)CCc2ccc(S(=O)(=O)N3CCOCC3)cc2)CC1. The third-order valence-corrected chi connectivity index (χ3v) is 7.62. The van der Waals surface area contributed by atoms with Gasteiger partial charge < -0.3 is 14.5 Å². The van der Waals surface area contributed by atoms with Crippen LogP contribution in [0.5, 0.6) is 0 Å². The monoisotopic (exact) mass is 409 g/mol. The van der Waals surface area contributed by atoms with Gasteiger partial charge in [-0.2, -0.15) is 4.31 Å². The molecule has 0 bridgehead atoms. The molecule has 7 nitrogen and oxygen atoms in total. The summed E-state index contributed by atoms with van der Waals surface area (Å²) in [5, 5.41) is 0. The number of nitrogens with zero attached hydrogens (tertiary/aromatic N) is 3. The minimum atomic E-state index is -3.47. The highest BCUT2D eigenvalue weighted by Crippen LogP contribution is 2.19. The maximum atomic E-state index is 12.7. The standard InChI is InChI=1S/C20H31N3O4S/c1-21(2)18-9-11-22(12-10-18)20(24)8-5-17-3-6-19(7-4-17)28(25,26)23-13-15-27-16-14-23/h3-4,6-7,18H,5,8-16H2,1-2H3. The summed E-state index contributed by atoms with van der Waals surface area (Å²) in [5.41, 5.74) is 0.984. The smallest absolute Gasteiger partial charge is 0.243 e. The number of amides is 1. The fraction of sp³-hybridized carbons (Fsp3) is 0.650. The van der Waals surface area contributed by atoms with Crippen molar-refractivity contribution >= 4 is 15.9 Å². The number of carbonyl (C=O) groups is 1. The summed E-state index contributed by atoms with van der Waals surface area (Å²) >= 11 is 0. The average molecular weight is 410 g/mol. The summed E-state index contributed by atoms with van der Waals surface area (Å²) in [7, 11) is 0.711. The summed E-state index contributed by atoms with van der Waals surface area (Å²) in [6.07, 6.45) is 3.13. The molecule has 0 aromatic heterocycles. The quantitative estimate of drug-likeness (QED) is 0.706. The highest BCUT2D eigenvalue weighted by molar-refractivity contribution is 7.89. The second-order valence-electron chi connectivity index (χ2n) is 7.74. The fourth-order valence-corrected chi connectivity index (χ4v) is 5.21. The zero-order valence-electron chi connectivity index (χ0n) is 16.8. The third kappa shape index (κ3) is 5.11. The number of rotatable bonds is 6. The predicted molar refractivity (Wildman–Crippen MR) is 108 cm³/mol. The van der Waals surface area contributed by atoms with Crippen molar-refractivity contribution in [2.45, 2.75) is 36.6 Å². The molecule has 2 aliphatic rings. The molecular weight excluding hydrogens is 378 g/mol. The van der Waals surface area contributed by atoms with E-state index in [1.807, 2.05) is 17.0 Å². The third-order valence-electron chi connectivity index (χ3n) is 5.71. The van der Waals surface area contributed by atoms with Crippen molar-refractivity contribution in [2.75, 3.05) is 53.5 Å².